The van der Waals surface area contributed by atoms with Crippen LogP contribution in [0.25, 0.3) is 0 Å². The summed E-state index contributed by atoms with van der Waals surface area (Å²) in [5.74, 6) is 2.91. The molecule has 0 saturated heterocycles. The molecule has 0 unspecified atom stereocenters. The lowest BCUT2D eigenvalue weighted by Crippen LogP contribution is -2.06. The third-order valence-corrected chi connectivity index (χ3v) is 3.03. The number of rotatable bonds is 5. The van der Waals surface area contributed by atoms with Crippen molar-refractivity contribution < 1.29 is 9.53 Å². The van der Waals surface area contributed by atoms with Gasteiger partial charge in [0.15, 0.2) is 5.75 Å². The Labute approximate surface area is 154 Å². The van der Waals surface area contributed by atoms with Gasteiger partial charge in [0.25, 0.3) is 5.56 Å². The molecule has 2 rings (SSSR count). The van der Waals surface area contributed by atoms with Gasteiger partial charge in [-0.05, 0) is 44.3 Å². The molecule has 2 aromatic rings. The molecule has 0 aliphatic rings. The van der Waals surface area contributed by atoms with Gasteiger partial charge in [-0.1, -0.05) is 12.1 Å². The van der Waals surface area contributed by atoms with Crippen molar-refractivity contribution >= 4 is 18.9 Å². The van der Waals surface area contributed by atoms with Crippen LogP contribution in [0.15, 0.2) is 52.3 Å². The molecule has 0 fully saturated rings. The summed E-state index contributed by atoms with van der Waals surface area (Å²) in [7, 11) is 3.39. The van der Waals surface area contributed by atoms with Gasteiger partial charge in [-0.3, -0.25) is 9.59 Å². The average Bonchev–Trinajstić information content (AvgIpc) is 2.64. The highest BCUT2D eigenvalue weighted by Gasteiger charge is 1.91. The van der Waals surface area contributed by atoms with Gasteiger partial charge in [-0.15, -0.1) is 25.0 Å². The first-order chi connectivity index (χ1) is 12.1. The van der Waals surface area contributed by atoms with E-state index in [0.717, 1.165) is 30.6 Å². The zero-order chi connectivity index (χ0) is 18.9. The van der Waals surface area contributed by atoms with Crippen molar-refractivity contribution in [2.75, 3.05) is 20.7 Å². The highest BCUT2D eigenvalue weighted by molar-refractivity contribution is 7.80. The molecule has 0 spiro atoms. The van der Waals surface area contributed by atoms with Crippen LogP contribution in [0, 0.1) is 12.3 Å². The third kappa shape index (κ3) is 11.7. The molecule has 0 radical (unpaired) electrons. The fourth-order valence-corrected chi connectivity index (χ4v) is 1.77. The van der Waals surface area contributed by atoms with Gasteiger partial charge in [0.1, 0.15) is 6.29 Å². The van der Waals surface area contributed by atoms with Crippen LogP contribution < -0.4 is 15.6 Å². The number of carbonyl (C=O) groups is 1. The number of aromatic nitrogens is 1. The second-order valence-corrected chi connectivity index (χ2v) is 5.21. The Kier molecular flexibility index (Phi) is 13.6. The maximum absolute atomic E-state index is 10.7. The number of carbonyl (C=O) groups excluding carboxylic acids is 1. The molecule has 1 aromatic carbocycles. The molecule has 1 aromatic heterocycles. The summed E-state index contributed by atoms with van der Waals surface area (Å²) in [6.45, 7) is 1.03. The van der Waals surface area contributed by atoms with E-state index in [1.54, 1.807) is 36.5 Å². The predicted octanol–water partition coefficient (Wildman–Crippen LogP) is 2.79. The van der Waals surface area contributed by atoms with Gasteiger partial charge < -0.3 is 15.0 Å². The van der Waals surface area contributed by atoms with Crippen molar-refractivity contribution in [2.45, 2.75) is 17.7 Å². The normalized spacial score (nSPS) is 8.72. The van der Waals surface area contributed by atoms with Crippen molar-refractivity contribution in [1.82, 2.24) is 10.3 Å². The molecule has 5 nitrogen and oxygen atoms in total. The van der Waals surface area contributed by atoms with Crippen LogP contribution in [0.2, 0.25) is 0 Å². The molecule has 1 heterocycles. The molecule has 0 aliphatic carbocycles. The topological polar surface area (TPSA) is 71.2 Å². The van der Waals surface area contributed by atoms with Gasteiger partial charge in [0, 0.05) is 23.1 Å². The Morgan fingerprint density at radius 1 is 1.36 bits per heavy atom. The van der Waals surface area contributed by atoms with E-state index in [1.807, 2.05) is 13.1 Å². The third-order valence-electron chi connectivity index (χ3n) is 2.76. The minimum Gasteiger partial charge on any atom is -0.491 e. The predicted molar refractivity (Wildman–Crippen MR) is 105 cm³/mol. The monoisotopic (exact) mass is 360 g/mol. The Morgan fingerprint density at radius 2 is 2.12 bits per heavy atom. The largest absolute Gasteiger partial charge is 0.491 e. The second kappa shape index (κ2) is 15.1. The maximum atomic E-state index is 10.7. The van der Waals surface area contributed by atoms with Gasteiger partial charge in [-0.2, -0.15) is 0 Å². The van der Waals surface area contributed by atoms with E-state index >= 15 is 0 Å². The number of nitrogens with one attached hydrogen (secondary N) is 2. The first-order valence-corrected chi connectivity index (χ1v) is 8.07. The Hall–Kier alpha value is -2.49. The molecule has 0 saturated carbocycles. The smallest absolute Gasteiger partial charge is 0.290 e. The van der Waals surface area contributed by atoms with Crippen molar-refractivity contribution in [2.24, 2.45) is 0 Å². The first-order valence-electron chi connectivity index (χ1n) is 7.63. The van der Waals surface area contributed by atoms with Gasteiger partial charge in [-0.25, -0.2) is 0 Å². The van der Waals surface area contributed by atoms with Crippen molar-refractivity contribution in [3.05, 3.63) is 58.5 Å². The molecule has 6 heteroatoms. The number of pyridine rings is 1. The standard InChI is InChI=1S/C7H6OS.C6H7NO2.C6H11N/c8-5-6-2-1-3-7(9)4-6;1-9-5-3-2-4-7-6(5)8;1-3-4-5-6-7-2/h1-5,9H;2-4H,1H3,(H,7,8);1,7H,4-6H2,2H3. The number of methoxy groups -OCH3 is 1. The zero-order valence-electron chi connectivity index (χ0n) is 14.5. The number of hydrogen-bond acceptors (Lipinski definition) is 5. The summed E-state index contributed by atoms with van der Waals surface area (Å²) in [5.41, 5.74) is 0.475. The quantitative estimate of drug-likeness (QED) is 0.332. The zero-order valence-corrected chi connectivity index (χ0v) is 15.4. The minimum absolute atomic E-state index is 0.194. The molecular formula is C19H24N2O3S. The summed E-state index contributed by atoms with van der Waals surface area (Å²) in [4.78, 5) is 24.1. The number of hydrogen-bond donors (Lipinski definition) is 3. The molecule has 2 N–H and O–H groups in total. The number of ether oxygens (including phenoxy) is 1. The fraction of sp³-hybridized carbons (Fsp3) is 0.263. The molecule has 0 atom stereocenters. The number of thiol groups is 1. The summed E-state index contributed by atoms with van der Waals surface area (Å²) in [6.07, 6.45) is 9.34. The summed E-state index contributed by atoms with van der Waals surface area (Å²) in [6, 6.07) is 10.4. The minimum atomic E-state index is -0.194. The summed E-state index contributed by atoms with van der Waals surface area (Å²) >= 11 is 4.05. The molecule has 0 bridgehead atoms. The molecule has 0 aliphatic heterocycles. The lowest BCUT2D eigenvalue weighted by atomic mass is 10.2. The van der Waals surface area contributed by atoms with Gasteiger partial charge in [0.2, 0.25) is 0 Å². The van der Waals surface area contributed by atoms with Gasteiger partial charge >= 0.3 is 0 Å². The molecule has 134 valence electrons. The number of aromatic amines is 1. The Bertz CT molecular complexity index is 708. The van der Waals surface area contributed by atoms with E-state index in [9.17, 15) is 9.59 Å². The number of H-pyrrole nitrogens is 1. The van der Waals surface area contributed by atoms with Gasteiger partial charge in [0.05, 0.1) is 7.11 Å². The van der Waals surface area contributed by atoms with Crippen molar-refractivity contribution in [1.29, 1.82) is 0 Å². The fourth-order valence-electron chi connectivity index (χ4n) is 1.53. The lowest BCUT2D eigenvalue weighted by molar-refractivity contribution is 0.112. The molecular weight excluding hydrogens is 336 g/mol. The number of benzene rings is 1. The van der Waals surface area contributed by atoms with Crippen LogP contribution in [-0.4, -0.2) is 32.0 Å². The van der Waals surface area contributed by atoms with E-state index in [-0.39, 0.29) is 5.56 Å². The number of terminal acetylenes is 1. The molecule has 0 amide bonds. The van der Waals surface area contributed by atoms with Crippen LogP contribution >= 0.6 is 12.6 Å². The summed E-state index contributed by atoms with van der Waals surface area (Å²) in [5, 5.41) is 3.01. The average molecular weight is 360 g/mol. The first kappa shape index (κ1) is 22.5. The highest BCUT2D eigenvalue weighted by atomic mass is 32.1. The SMILES string of the molecule is C#CCCCNC.COc1ccc[nH]c1=O.O=Cc1cccc(S)c1. The van der Waals surface area contributed by atoms with Crippen LogP contribution in [0.4, 0.5) is 0 Å². The van der Waals surface area contributed by atoms with Crippen LogP contribution in [0.1, 0.15) is 23.2 Å². The molecule has 25 heavy (non-hydrogen) atoms. The van der Waals surface area contributed by atoms with Crippen LogP contribution in [0.5, 0.6) is 5.75 Å². The van der Waals surface area contributed by atoms with E-state index in [1.165, 1.54) is 7.11 Å². The second-order valence-electron chi connectivity index (χ2n) is 4.69. The Morgan fingerprint density at radius 3 is 2.56 bits per heavy atom. The number of aldehydes is 1. The van der Waals surface area contributed by atoms with Crippen molar-refractivity contribution in [3.8, 4) is 18.1 Å². The van der Waals surface area contributed by atoms with E-state index < -0.39 is 0 Å². The lowest BCUT2D eigenvalue weighted by Gasteiger charge is -1.93. The van der Waals surface area contributed by atoms with E-state index in [0.29, 0.717) is 11.3 Å². The maximum Gasteiger partial charge on any atom is 0.290 e. The van der Waals surface area contributed by atoms with Crippen molar-refractivity contribution in [3.63, 3.8) is 0 Å². The Balaban J connectivity index is 0.000000350. The van der Waals surface area contributed by atoms with Crippen LogP contribution in [0.3, 0.4) is 0 Å². The highest BCUT2D eigenvalue weighted by Crippen LogP contribution is 2.05. The van der Waals surface area contributed by atoms with Crippen LogP contribution in [-0.2, 0) is 0 Å². The number of unbranched alkanes of at least 4 members (excludes halogenated alkanes) is 1. The van der Waals surface area contributed by atoms with E-state index in [2.05, 4.69) is 28.8 Å². The van der Waals surface area contributed by atoms with E-state index in [4.69, 9.17) is 11.2 Å². The summed E-state index contributed by atoms with van der Waals surface area (Å²) < 4.78 is 4.70.